The Bertz CT molecular complexity index is 995. The van der Waals surface area contributed by atoms with Gasteiger partial charge in [0.25, 0.3) is 0 Å². The molecule has 0 saturated heterocycles. The van der Waals surface area contributed by atoms with Crippen molar-refractivity contribution in [2.75, 3.05) is 18.5 Å². The molecule has 164 valence electrons. The molecule has 5 nitrogen and oxygen atoms in total. The first-order chi connectivity index (χ1) is 15.0. The van der Waals surface area contributed by atoms with Crippen LogP contribution in [0.5, 0.6) is 11.5 Å². The fourth-order valence-electron chi connectivity index (χ4n) is 3.00. The van der Waals surface area contributed by atoms with Crippen molar-refractivity contribution in [3.8, 4) is 22.8 Å². The van der Waals surface area contributed by atoms with Crippen molar-refractivity contribution >= 4 is 34.0 Å². The third-order valence-corrected chi connectivity index (χ3v) is 5.95. The number of amides is 1. The molecule has 1 N–H and O–H groups in total. The number of benzene rings is 2. The molecule has 2 aromatic carbocycles. The first-order valence-electron chi connectivity index (χ1n) is 10.3. The van der Waals surface area contributed by atoms with Gasteiger partial charge in [0.05, 0.1) is 18.9 Å². The smallest absolute Gasteiger partial charge is 0.226 e. The number of carbonyl (C=O) groups excluding carboxylic acids is 1. The van der Waals surface area contributed by atoms with Crippen LogP contribution in [0.1, 0.15) is 37.3 Å². The summed E-state index contributed by atoms with van der Waals surface area (Å²) in [6.45, 7) is 7.15. The van der Waals surface area contributed by atoms with Crippen LogP contribution >= 0.6 is 22.9 Å². The van der Waals surface area contributed by atoms with E-state index in [1.165, 1.54) is 11.3 Å². The average molecular weight is 459 g/mol. The van der Waals surface area contributed by atoms with Crippen LogP contribution < -0.4 is 14.8 Å². The number of rotatable bonds is 10. The van der Waals surface area contributed by atoms with Gasteiger partial charge in [-0.2, -0.15) is 0 Å². The summed E-state index contributed by atoms with van der Waals surface area (Å²) in [4.78, 5) is 16.8. The summed E-state index contributed by atoms with van der Waals surface area (Å²) in [5, 5.41) is 6.16. The number of ether oxygens (including phenoxy) is 2. The first kappa shape index (κ1) is 23.1. The summed E-state index contributed by atoms with van der Waals surface area (Å²) in [7, 11) is 0. The molecule has 0 unspecified atom stereocenters. The molecule has 0 aliphatic rings. The maximum atomic E-state index is 12.2. The van der Waals surface area contributed by atoms with E-state index < -0.39 is 0 Å². The molecule has 7 heteroatoms. The predicted octanol–water partition coefficient (Wildman–Crippen LogP) is 6.67. The molecule has 0 saturated carbocycles. The molecule has 0 fully saturated rings. The van der Waals surface area contributed by atoms with Gasteiger partial charge in [-0.15, -0.1) is 11.3 Å². The van der Waals surface area contributed by atoms with Crippen molar-refractivity contribution in [3.05, 3.63) is 57.9 Å². The number of thiazole rings is 1. The van der Waals surface area contributed by atoms with Crippen LogP contribution in [-0.4, -0.2) is 24.1 Å². The third-order valence-electron chi connectivity index (χ3n) is 4.60. The fourth-order valence-corrected chi connectivity index (χ4v) is 3.84. The average Bonchev–Trinajstić information content (AvgIpc) is 3.22. The van der Waals surface area contributed by atoms with E-state index in [2.05, 4.69) is 17.2 Å². The Kier molecular flexibility index (Phi) is 8.32. The largest absolute Gasteiger partial charge is 0.494 e. The summed E-state index contributed by atoms with van der Waals surface area (Å²) in [5.74, 6) is 1.55. The Balaban J connectivity index is 1.44. The molecule has 31 heavy (non-hydrogen) atoms. The highest BCUT2D eigenvalue weighted by atomic mass is 35.5. The molecule has 1 amide bonds. The Hall–Kier alpha value is -2.57. The minimum Gasteiger partial charge on any atom is -0.494 e. The van der Waals surface area contributed by atoms with Crippen LogP contribution in [0, 0.1) is 13.8 Å². The highest BCUT2D eigenvalue weighted by Crippen LogP contribution is 2.27. The predicted molar refractivity (Wildman–Crippen MR) is 128 cm³/mol. The summed E-state index contributed by atoms with van der Waals surface area (Å²) in [6.07, 6.45) is 1.96. The number of halogens is 1. The van der Waals surface area contributed by atoms with Gasteiger partial charge in [0.1, 0.15) is 11.5 Å². The Morgan fingerprint density at radius 3 is 2.42 bits per heavy atom. The lowest BCUT2D eigenvalue weighted by Crippen LogP contribution is -2.12. The Morgan fingerprint density at radius 2 is 1.74 bits per heavy atom. The van der Waals surface area contributed by atoms with E-state index in [-0.39, 0.29) is 5.91 Å². The topological polar surface area (TPSA) is 60.5 Å². The first-order valence-corrected chi connectivity index (χ1v) is 11.6. The standard InChI is InChI=1S/C24H27ClN2O3S/c1-4-11-29-19-9-7-18(8-10-19)21-15-31-24(26-21)27-22(28)6-5-12-30-20-13-16(2)23(25)17(3)14-20/h7-10,13-15H,4-6,11-12H2,1-3H3,(H,26,27,28). The number of aryl methyl sites for hydroxylation is 2. The van der Waals surface area contributed by atoms with Gasteiger partial charge in [0.2, 0.25) is 5.91 Å². The highest BCUT2D eigenvalue weighted by molar-refractivity contribution is 7.14. The lowest BCUT2D eigenvalue weighted by atomic mass is 10.1. The quantitative estimate of drug-likeness (QED) is 0.345. The molecule has 0 aliphatic heterocycles. The SMILES string of the molecule is CCCOc1ccc(-c2csc(NC(=O)CCCOc3cc(C)c(Cl)c(C)c3)n2)cc1. The molecular formula is C24H27ClN2O3S. The summed E-state index contributed by atoms with van der Waals surface area (Å²) < 4.78 is 11.4. The van der Waals surface area contributed by atoms with Crippen LogP contribution in [0.15, 0.2) is 41.8 Å². The van der Waals surface area contributed by atoms with Gasteiger partial charge in [0, 0.05) is 22.4 Å². The van der Waals surface area contributed by atoms with Gasteiger partial charge in [0.15, 0.2) is 5.13 Å². The molecule has 3 rings (SSSR count). The van der Waals surface area contributed by atoms with Crippen LogP contribution in [0.2, 0.25) is 5.02 Å². The zero-order chi connectivity index (χ0) is 22.2. The van der Waals surface area contributed by atoms with Gasteiger partial charge < -0.3 is 14.8 Å². The van der Waals surface area contributed by atoms with Crippen molar-refractivity contribution < 1.29 is 14.3 Å². The molecule has 0 aliphatic carbocycles. The monoisotopic (exact) mass is 458 g/mol. The van der Waals surface area contributed by atoms with E-state index >= 15 is 0 Å². The van der Waals surface area contributed by atoms with E-state index in [1.54, 1.807) is 0 Å². The van der Waals surface area contributed by atoms with E-state index in [0.717, 1.165) is 45.3 Å². The van der Waals surface area contributed by atoms with Crippen molar-refractivity contribution in [3.63, 3.8) is 0 Å². The fraction of sp³-hybridized carbons (Fsp3) is 0.333. The minimum absolute atomic E-state index is 0.0729. The summed E-state index contributed by atoms with van der Waals surface area (Å²) >= 11 is 7.59. The zero-order valence-electron chi connectivity index (χ0n) is 18.0. The number of nitrogens with one attached hydrogen (secondary N) is 1. The number of aromatic nitrogens is 1. The van der Waals surface area contributed by atoms with Crippen LogP contribution in [0.3, 0.4) is 0 Å². The second-order valence-electron chi connectivity index (χ2n) is 7.28. The molecule has 1 heterocycles. The lowest BCUT2D eigenvalue weighted by molar-refractivity contribution is -0.116. The number of hydrogen-bond donors (Lipinski definition) is 1. The van der Waals surface area contributed by atoms with Crippen LogP contribution in [0.25, 0.3) is 11.3 Å². The second-order valence-corrected chi connectivity index (χ2v) is 8.52. The van der Waals surface area contributed by atoms with E-state index in [0.29, 0.717) is 31.2 Å². The number of nitrogens with zero attached hydrogens (tertiary/aromatic N) is 1. The normalized spacial score (nSPS) is 10.7. The maximum absolute atomic E-state index is 12.2. The zero-order valence-corrected chi connectivity index (χ0v) is 19.6. The number of carbonyl (C=O) groups is 1. The molecule has 0 spiro atoms. The van der Waals surface area contributed by atoms with E-state index in [4.69, 9.17) is 21.1 Å². The van der Waals surface area contributed by atoms with Gasteiger partial charge in [-0.05, 0) is 74.2 Å². The summed E-state index contributed by atoms with van der Waals surface area (Å²) in [6, 6.07) is 11.6. The molecule has 0 atom stereocenters. The molecule has 0 radical (unpaired) electrons. The molecule has 0 bridgehead atoms. The van der Waals surface area contributed by atoms with Crippen LogP contribution in [-0.2, 0) is 4.79 Å². The molecule has 1 aromatic heterocycles. The Labute approximate surface area is 192 Å². The third kappa shape index (κ3) is 6.71. The summed E-state index contributed by atoms with van der Waals surface area (Å²) in [5.41, 5.74) is 3.79. The van der Waals surface area contributed by atoms with Crippen molar-refractivity contribution in [1.82, 2.24) is 4.98 Å². The maximum Gasteiger partial charge on any atom is 0.226 e. The van der Waals surface area contributed by atoms with Gasteiger partial charge in [-0.25, -0.2) is 4.98 Å². The number of hydrogen-bond acceptors (Lipinski definition) is 5. The molecule has 3 aromatic rings. The van der Waals surface area contributed by atoms with Crippen molar-refractivity contribution in [2.24, 2.45) is 0 Å². The second kappa shape index (κ2) is 11.2. The Morgan fingerprint density at radius 1 is 1.06 bits per heavy atom. The minimum atomic E-state index is -0.0729. The lowest BCUT2D eigenvalue weighted by Gasteiger charge is -2.10. The van der Waals surface area contributed by atoms with E-state index in [1.807, 2.05) is 55.6 Å². The van der Waals surface area contributed by atoms with E-state index in [9.17, 15) is 4.79 Å². The van der Waals surface area contributed by atoms with Crippen LogP contribution in [0.4, 0.5) is 5.13 Å². The van der Waals surface area contributed by atoms with Crippen molar-refractivity contribution in [1.29, 1.82) is 0 Å². The van der Waals surface area contributed by atoms with Gasteiger partial charge in [-0.3, -0.25) is 4.79 Å². The van der Waals surface area contributed by atoms with Gasteiger partial charge >= 0.3 is 0 Å². The van der Waals surface area contributed by atoms with Gasteiger partial charge in [-0.1, -0.05) is 18.5 Å². The molecular weight excluding hydrogens is 432 g/mol. The number of anilines is 1. The highest BCUT2D eigenvalue weighted by Gasteiger charge is 2.09. The van der Waals surface area contributed by atoms with Crippen molar-refractivity contribution in [2.45, 2.75) is 40.0 Å².